The van der Waals surface area contributed by atoms with Gasteiger partial charge in [0.25, 0.3) is 5.69 Å². The Morgan fingerprint density at radius 2 is 2.29 bits per heavy atom. The standard InChI is InChI=1S/C11H16ClN3O2/c1-4-8(2)7-14(3)11-10(12)5-9(6-13-11)15(16)17/h5-6,8H,4,7H2,1-3H3. The average Bonchev–Trinajstić information content (AvgIpc) is 2.28. The molecule has 0 saturated carbocycles. The maximum atomic E-state index is 10.6. The van der Waals surface area contributed by atoms with Crippen LogP contribution in [-0.2, 0) is 0 Å². The largest absolute Gasteiger partial charge is 0.358 e. The maximum Gasteiger partial charge on any atom is 0.289 e. The first-order valence-corrected chi connectivity index (χ1v) is 5.84. The molecule has 0 spiro atoms. The SMILES string of the molecule is CCC(C)CN(C)c1ncc([N+](=O)[O-])cc1Cl. The third-order valence-corrected chi connectivity index (χ3v) is 2.94. The van der Waals surface area contributed by atoms with Crippen molar-refractivity contribution in [3.63, 3.8) is 0 Å². The summed E-state index contributed by atoms with van der Waals surface area (Å²) in [6.07, 6.45) is 2.29. The summed E-state index contributed by atoms with van der Waals surface area (Å²) in [6, 6.07) is 1.33. The number of aromatic nitrogens is 1. The van der Waals surface area contributed by atoms with Crippen molar-refractivity contribution in [3.05, 3.63) is 27.4 Å². The van der Waals surface area contributed by atoms with Crippen LogP contribution in [0.2, 0.25) is 5.02 Å². The Hall–Kier alpha value is -1.36. The monoisotopic (exact) mass is 257 g/mol. The van der Waals surface area contributed by atoms with Gasteiger partial charge in [-0.2, -0.15) is 0 Å². The van der Waals surface area contributed by atoms with Crippen molar-refractivity contribution in [3.8, 4) is 0 Å². The van der Waals surface area contributed by atoms with Crippen molar-refractivity contribution in [2.75, 3.05) is 18.5 Å². The summed E-state index contributed by atoms with van der Waals surface area (Å²) in [7, 11) is 1.88. The van der Waals surface area contributed by atoms with E-state index in [2.05, 4.69) is 18.8 Å². The van der Waals surface area contributed by atoms with Gasteiger partial charge in [0.1, 0.15) is 12.0 Å². The zero-order valence-corrected chi connectivity index (χ0v) is 10.9. The molecule has 0 aromatic carbocycles. The molecule has 0 radical (unpaired) electrons. The lowest BCUT2D eigenvalue weighted by Gasteiger charge is -2.22. The number of anilines is 1. The van der Waals surface area contributed by atoms with E-state index in [1.165, 1.54) is 12.3 Å². The Balaban J connectivity index is 2.88. The summed E-state index contributed by atoms with van der Waals surface area (Å²) >= 11 is 5.99. The highest BCUT2D eigenvalue weighted by Crippen LogP contribution is 2.26. The van der Waals surface area contributed by atoms with Crippen LogP contribution in [0.15, 0.2) is 12.3 Å². The summed E-state index contributed by atoms with van der Waals surface area (Å²) in [5.41, 5.74) is -0.0873. The van der Waals surface area contributed by atoms with Crippen LogP contribution >= 0.6 is 11.6 Å². The zero-order chi connectivity index (χ0) is 13.0. The van der Waals surface area contributed by atoms with Crippen molar-refractivity contribution in [1.82, 2.24) is 4.98 Å². The molecule has 0 aliphatic rings. The Morgan fingerprint density at radius 1 is 1.65 bits per heavy atom. The van der Waals surface area contributed by atoms with Crippen LogP contribution < -0.4 is 4.90 Å². The molecule has 1 aromatic heterocycles. The molecule has 0 bridgehead atoms. The lowest BCUT2D eigenvalue weighted by Crippen LogP contribution is -2.24. The van der Waals surface area contributed by atoms with E-state index in [1.54, 1.807) is 0 Å². The van der Waals surface area contributed by atoms with Crippen LogP contribution in [-0.4, -0.2) is 23.5 Å². The smallest absolute Gasteiger partial charge is 0.289 e. The van der Waals surface area contributed by atoms with E-state index in [1.807, 2.05) is 11.9 Å². The highest BCUT2D eigenvalue weighted by molar-refractivity contribution is 6.33. The molecule has 0 N–H and O–H groups in total. The highest BCUT2D eigenvalue weighted by Gasteiger charge is 2.14. The van der Waals surface area contributed by atoms with Gasteiger partial charge in [-0.25, -0.2) is 4.98 Å². The summed E-state index contributed by atoms with van der Waals surface area (Å²) < 4.78 is 0. The number of hydrogen-bond donors (Lipinski definition) is 0. The molecule has 1 unspecified atom stereocenters. The van der Waals surface area contributed by atoms with E-state index in [0.29, 0.717) is 16.8 Å². The molecule has 17 heavy (non-hydrogen) atoms. The lowest BCUT2D eigenvalue weighted by molar-refractivity contribution is -0.385. The van der Waals surface area contributed by atoms with E-state index in [-0.39, 0.29) is 5.69 Å². The van der Waals surface area contributed by atoms with Crippen molar-refractivity contribution in [2.45, 2.75) is 20.3 Å². The molecule has 0 aliphatic carbocycles. The first-order chi connectivity index (χ1) is 7.95. The van der Waals surface area contributed by atoms with Crippen molar-refractivity contribution in [2.24, 2.45) is 5.92 Å². The first-order valence-electron chi connectivity index (χ1n) is 5.46. The number of pyridine rings is 1. The Labute approximate surface area is 106 Å². The van der Waals surface area contributed by atoms with E-state index < -0.39 is 4.92 Å². The van der Waals surface area contributed by atoms with Crippen LogP contribution in [0.3, 0.4) is 0 Å². The number of hydrogen-bond acceptors (Lipinski definition) is 4. The predicted molar refractivity (Wildman–Crippen MR) is 68.6 cm³/mol. The lowest BCUT2D eigenvalue weighted by atomic mass is 10.1. The fourth-order valence-electron chi connectivity index (χ4n) is 1.48. The molecule has 0 amide bonds. The van der Waals surface area contributed by atoms with Gasteiger partial charge >= 0.3 is 0 Å². The quantitative estimate of drug-likeness (QED) is 0.601. The third kappa shape index (κ3) is 3.56. The minimum atomic E-state index is -0.503. The molecule has 6 heteroatoms. The fraction of sp³-hybridized carbons (Fsp3) is 0.545. The topological polar surface area (TPSA) is 59.3 Å². The first kappa shape index (κ1) is 13.7. The Kier molecular flexibility index (Phi) is 4.69. The van der Waals surface area contributed by atoms with Crippen molar-refractivity contribution in [1.29, 1.82) is 0 Å². The molecule has 0 fully saturated rings. The van der Waals surface area contributed by atoms with Crippen molar-refractivity contribution < 1.29 is 4.92 Å². The van der Waals surface area contributed by atoms with E-state index >= 15 is 0 Å². The second-order valence-electron chi connectivity index (χ2n) is 4.15. The van der Waals surface area contributed by atoms with E-state index in [0.717, 1.165) is 13.0 Å². The van der Waals surface area contributed by atoms with E-state index in [4.69, 9.17) is 11.6 Å². The number of nitrogens with zero attached hydrogens (tertiary/aromatic N) is 3. The highest BCUT2D eigenvalue weighted by atomic mass is 35.5. The molecular formula is C11H16ClN3O2. The van der Waals surface area contributed by atoms with Crippen LogP contribution in [0.4, 0.5) is 11.5 Å². The van der Waals surface area contributed by atoms with Gasteiger partial charge in [0, 0.05) is 19.7 Å². The van der Waals surface area contributed by atoms with Gasteiger partial charge in [0.2, 0.25) is 0 Å². The van der Waals surface area contributed by atoms with Gasteiger partial charge in [0.05, 0.1) is 9.95 Å². The van der Waals surface area contributed by atoms with Gasteiger partial charge < -0.3 is 4.90 Å². The van der Waals surface area contributed by atoms with E-state index in [9.17, 15) is 10.1 Å². The summed E-state index contributed by atoms with van der Waals surface area (Å²) in [5, 5.41) is 10.9. The van der Waals surface area contributed by atoms with Gasteiger partial charge in [-0.15, -0.1) is 0 Å². The Bertz CT molecular complexity index is 412. The molecular weight excluding hydrogens is 242 g/mol. The molecule has 1 aromatic rings. The van der Waals surface area contributed by atoms with Crippen LogP contribution in [0.1, 0.15) is 20.3 Å². The van der Waals surface area contributed by atoms with Gasteiger partial charge in [-0.05, 0) is 5.92 Å². The second-order valence-corrected chi connectivity index (χ2v) is 4.56. The summed E-state index contributed by atoms with van der Waals surface area (Å²) in [4.78, 5) is 16.0. The molecule has 5 nitrogen and oxygen atoms in total. The van der Waals surface area contributed by atoms with Gasteiger partial charge in [-0.1, -0.05) is 31.9 Å². The number of rotatable bonds is 5. The van der Waals surface area contributed by atoms with Crippen molar-refractivity contribution >= 4 is 23.1 Å². The van der Waals surface area contributed by atoms with Gasteiger partial charge in [0.15, 0.2) is 0 Å². The molecule has 1 atom stereocenters. The molecule has 0 aliphatic heterocycles. The van der Waals surface area contributed by atoms with Crippen LogP contribution in [0, 0.1) is 16.0 Å². The minimum Gasteiger partial charge on any atom is -0.358 e. The van der Waals surface area contributed by atoms with Gasteiger partial charge in [-0.3, -0.25) is 10.1 Å². The molecule has 0 saturated heterocycles. The van der Waals surface area contributed by atoms with Crippen LogP contribution in [0.25, 0.3) is 0 Å². The maximum absolute atomic E-state index is 10.6. The fourth-order valence-corrected chi connectivity index (χ4v) is 1.79. The summed E-state index contributed by atoms with van der Waals surface area (Å²) in [5.74, 6) is 1.10. The normalized spacial score (nSPS) is 12.2. The number of halogens is 1. The second kappa shape index (κ2) is 5.82. The summed E-state index contributed by atoms with van der Waals surface area (Å²) in [6.45, 7) is 5.07. The number of nitro groups is 1. The molecule has 94 valence electrons. The predicted octanol–water partition coefficient (Wildman–Crippen LogP) is 3.13. The average molecular weight is 258 g/mol. The third-order valence-electron chi connectivity index (χ3n) is 2.66. The Morgan fingerprint density at radius 3 is 2.76 bits per heavy atom. The minimum absolute atomic E-state index is 0.0873. The molecule has 1 rings (SSSR count). The van der Waals surface area contributed by atoms with Crippen LogP contribution in [0.5, 0.6) is 0 Å². The molecule has 1 heterocycles. The zero-order valence-electron chi connectivity index (χ0n) is 10.2.